The standard InChI is InChI=1S/C59H62Cl2N8O22/c1-20(2)10-30(63-3)52(80)68-44-46(75)22-5-8-34(28(60)12-22)88-36-14-24-15-37(51(36)91-59-50(79)49(78)48(77)38(19-70)90-59)89-35-9-6-23(13-29(35)61)47(76)45-57(85)67-43(58(86)87)27-16-25(71)17-33(73)40(27)26-11-21(4-7-32(26)72)41(54(82)69-45)66-55(83)42(24)65-53(81)31(18-39(62)74)64-56(44)84/h4-9,11-17,20,30-31,38,41-50,59,63,70-73,75-79H,10,18-19H2,1-3H3,(H2,62,74)(H,64,84)(H,65,81)(H,66,83)(H,67,85)(H,68,80)(H,69,82)(H,86,87)/t30-,31+,38-,41-,42-,43+,44-,45+,46-,47-,48-,49-,50-,59+/m1/s1. The van der Waals surface area contributed by atoms with Gasteiger partial charge in [-0.05, 0) is 96.2 Å². The van der Waals surface area contributed by atoms with E-state index in [0.29, 0.717) is 0 Å². The molecule has 6 heterocycles. The number of rotatable bonds is 11. The van der Waals surface area contributed by atoms with Crippen molar-refractivity contribution < 1.29 is 108 Å². The first-order chi connectivity index (χ1) is 43.1. The molecule has 7 amide bonds. The van der Waals surface area contributed by atoms with Gasteiger partial charge in [0.1, 0.15) is 95.6 Å². The summed E-state index contributed by atoms with van der Waals surface area (Å²) in [5.41, 5.74) is 2.90. The third kappa shape index (κ3) is 14.0. The number of likely N-dealkylation sites (N-methyl/N-ethyl adjacent to an activating group) is 1. The third-order valence-electron chi connectivity index (χ3n) is 15.4. The van der Waals surface area contributed by atoms with E-state index < -0.39 is 207 Å². The first-order valence-electron chi connectivity index (χ1n) is 27.9. The van der Waals surface area contributed by atoms with Gasteiger partial charge < -0.3 is 113 Å². The van der Waals surface area contributed by atoms with Crippen LogP contribution in [0.4, 0.5) is 0 Å². The SMILES string of the molecule is CN[C@H](CC(C)C)C(=O)N[C@H]1C(=O)N[C@@H](CC(N)=O)C(=O)N[C@H]2C(=O)N[C@H]3C(=O)N[C@H](C(=O)N[C@H](C(=O)O)c4cc(O)cc(O)c4-c4cc3ccc4O)[C@H](O)c3ccc(c(Cl)c3)Oc3cc2cc(c3O[C@@H]2O[C@H](CO)[C@@H](O)[C@@H](O)[C@H]2O)Oc2ccc(cc2Cl)[C@H]1O. The van der Waals surface area contributed by atoms with E-state index in [0.717, 1.165) is 66.7 Å². The molecule has 30 nitrogen and oxygen atoms in total. The molecule has 32 heteroatoms. The highest BCUT2D eigenvalue weighted by Gasteiger charge is 2.47. The number of aliphatic hydroxyl groups is 6. The van der Waals surface area contributed by atoms with Crippen molar-refractivity contribution in [2.45, 2.75) is 112 Å². The van der Waals surface area contributed by atoms with Crippen LogP contribution in [0, 0.1) is 5.92 Å². The number of carbonyl (C=O) groups excluding carboxylic acids is 7. The summed E-state index contributed by atoms with van der Waals surface area (Å²) in [6.07, 6.45) is -14.9. The number of primary amides is 1. The van der Waals surface area contributed by atoms with E-state index in [1.165, 1.54) is 19.2 Å². The van der Waals surface area contributed by atoms with Crippen molar-refractivity contribution in [3.63, 3.8) is 0 Å². The molecule has 0 unspecified atom stereocenters. The molecule has 0 radical (unpaired) electrons. The highest BCUT2D eigenvalue weighted by atomic mass is 35.5. The topological polar surface area (TPSA) is 486 Å². The van der Waals surface area contributed by atoms with E-state index in [9.17, 15) is 75.0 Å². The lowest BCUT2D eigenvalue weighted by atomic mass is 9.89. The number of ether oxygens (including phenoxy) is 4. The Labute approximate surface area is 525 Å². The van der Waals surface area contributed by atoms with Gasteiger partial charge in [0.25, 0.3) is 0 Å². The Balaban J connectivity index is 1.32. The number of nitrogens with one attached hydrogen (secondary N) is 7. The number of carboxylic acids is 1. The molecular formula is C59H62Cl2N8O22. The number of benzene rings is 5. The zero-order valence-electron chi connectivity index (χ0n) is 48.0. The average molecular weight is 1310 g/mol. The Morgan fingerprint density at radius 1 is 0.659 bits per heavy atom. The number of hydrogen-bond acceptors (Lipinski definition) is 22. The first kappa shape index (κ1) is 66.3. The lowest BCUT2D eigenvalue weighted by Gasteiger charge is -2.39. The molecule has 5 aromatic rings. The van der Waals surface area contributed by atoms with Gasteiger partial charge in [0.05, 0.1) is 29.1 Å². The number of halogens is 2. The number of hydrogen-bond donors (Lipinski definition) is 18. The summed E-state index contributed by atoms with van der Waals surface area (Å²) in [7, 11) is 1.47. The molecule has 0 saturated carbocycles. The zero-order valence-corrected chi connectivity index (χ0v) is 49.5. The summed E-state index contributed by atoms with van der Waals surface area (Å²) in [6, 6.07) is -0.613. The number of carboxylic acid groups (broad SMARTS) is 1. The Kier molecular flexibility index (Phi) is 19.8. The Morgan fingerprint density at radius 2 is 1.25 bits per heavy atom. The molecule has 1 fully saturated rings. The number of aliphatic carboxylic acids is 1. The van der Waals surface area contributed by atoms with Crippen molar-refractivity contribution in [1.29, 1.82) is 0 Å². The van der Waals surface area contributed by atoms with Crippen LogP contribution in [0.3, 0.4) is 0 Å². The minimum atomic E-state index is -2.31. The fraction of sp³-hybridized carbons (Fsp3) is 0.356. The van der Waals surface area contributed by atoms with Crippen molar-refractivity contribution in [2.75, 3.05) is 13.7 Å². The number of carbonyl (C=O) groups is 8. The number of nitrogens with two attached hydrogens (primary N) is 1. The summed E-state index contributed by atoms with van der Waals surface area (Å²) in [6.45, 7) is 2.69. The summed E-state index contributed by atoms with van der Waals surface area (Å²) >= 11 is 13.8. The zero-order chi connectivity index (χ0) is 66.2. The van der Waals surface area contributed by atoms with Gasteiger partial charge in [-0.15, -0.1) is 0 Å². The van der Waals surface area contributed by atoms with Crippen molar-refractivity contribution in [3.05, 3.63) is 117 Å². The normalized spacial score (nSPS) is 26.2. The van der Waals surface area contributed by atoms with Crippen LogP contribution in [0.1, 0.15) is 84.8 Å². The Morgan fingerprint density at radius 3 is 1.84 bits per heavy atom. The number of phenols is 3. The van der Waals surface area contributed by atoms with Gasteiger partial charge in [0.2, 0.25) is 53.4 Å². The first-order valence-corrected chi connectivity index (χ1v) is 28.7. The predicted octanol–water partition coefficient (Wildman–Crippen LogP) is -0.131. The molecular weight excluding hydrogens is 1240 g/mol. The van der Waals surface area contributed by atoms with E-state index in [1.807, 2.05) is 13.8 Å². The van der Waals surface area contributed by atoms with Gasteiger partial charge in [0.15, 0.2) is 17.5 Å². The van der Waals surface area contributed by atoms with Crippen LogP contribution in [0.5, 0.6) is 46.0 Å². The molecule has 19 N–H and O–H groups in total. The summed E-state index contributed by atoms with van der Waals surface area (Å²) in [5, 5.41) is 128. The lowest BCUT2D eigenvalue weighted by molar-refractivity contribution is -0.277. The van der Waals surface area contributed by atoms with Gasteiger partial charge in [-0.3, -0.25) is 33.6 Å². The summed E-state index contributed by atoms with van der Waals surface area (Å²) in [4.78, 5) is 115. The van der Waals surface area contributed by atoms with E-state index in [4.69, 9.17) is 47.9 Å². The molecule has 6 aliphatic heterocycles. The second-order valence-electron chi connectivity index (χ2n) is 22.2. The second kappa shape index (κ2) is 27.2. The average Bonchev–Trinajstić information content (AvgIpc) is 0.790. The smallest absolute Gasteiger partial charge is 0.330 e. The Hall–Kier alpha value is -9.08. The molecule has 484 valence electrons. The van der Waals surface area contributed by atoms with Crippen LogP contribution in [0.2, 0.25) is 10.0 Å². The number of aromatic hydroxyl groups is 3. The lowest BCUT2D eigenvalue weighted by Crippen LogP contribution is -2.60. The molecule has 14 atom stereocenters. The van der Waals surface area contributed by atoms with Gasteiger partial charge in [-0.1, -0.05) is 55.2 Å². The molecule has 5 aromatic carbocycles. The molecule has 11 bridgehead atoms. The number of fused-ring (bicyclic) bond motifs is 15. The molecule has 11 rings (SSSR count). The van der Waals surface area contributed by atoms with Crippen LogP contribution in [-0.2, 0) is 43.1 Å². The third-order valence-corrected chi connectivity index (χ3v) is 16.0. The molecule has 0 spiro atoms. The van der Waals surface area contributed by atoms with E-state index in [1.54, 1.807) is 0 Å². The highest BCUT2D eigenvalue weighted by Crippen LogP contribution is 2.49. The molecule has 0 aromatic heterocycles. The predicted molar refractivity (Wildman–Crippen MR) is 313 cm³/mol. The maximum Gasteiger partial charge on any atom is 0.330 e. The fourth-order valence-electron chi connectivity index (χ4n) is 10.7. The van der Waals surface area contributed by atoms with Crippen molar-refractivity contribution >= 4 is 70.5 Å². The quantitative estimate of drug-likeness (QED) is 0.0819. The van der Waals surface area contributed by atoms with Crippen molar-refractivity contribution in [1.82, 2.24) is 37.2 Å². The summed E-state index contributed by atoms with van der Waals surface area (Å²) in [5.74, 6) is -15.8. The minimum absolute atomic E-state index is 0.0825. The van der Waals surface area contributed by atoms with Crippen LogP contribution in [0.15, 0.2) is 78.9 Å². The molecule has 6 aliphatic rings. The summed E-state index contributed by atoms with van der Waals surface area (Å²) < 4.78 is 24.8. The van der Waals surface area contributed by atoms with Crippen molar-refractivity contribution in [3.8, 4) is 57.1 Å². The largest absolute Gasteiger partial charge is 0.508 e. The van der Waals surface area contributed by atoms with E-state index in [2.05, 4.69) is 37.2 Å². The van der Waals surface area contributed by atoms with Gasteiger partial charge in [0, 0.05) is 22.8 Å². The highest BCUT2D eigenvalue weighted by molar-refractivity contribution is 6.32. The van der Waals surface area contributed by atoms with E-state index in [-0.39, 0.29) is 45.6 Å². The van der Waals surface area contributed by atoms with Gasteiger partial charge in [-0.25, -0.2) is 4.79 Å². The van der Waals surface area contributed by atoms with Crippen LogP contribution in [0.25, 0.3) is 11.1 Å². The molecule has 1 saturated heterocycles. The monoisotopic (exact) mass is 1300 g/mol. The van der Waals surface area contributed by atoms with Crippen LogP contribution >= 0.6 is 23.2 Å². The van der Waals surface area contributed by atoms with E-state index >= 15 is 14.4 Å². The maximum atomic E-state index is 15.8. The van der Waals surface area contributed by atoms with Crippen molar-refractivity contribution in [2.24, 2.45) is 11.7 Å². The molecule has 0 aliphatic carbocycles. The molecule has 91 heavy (non-hydrogen) atoms. The number of phenolic OH excluding ortho intramolecular Hbond substituents is 3. The Bertz CT molecular complexity index is 3730. The second-order valence-corrected chi connectivity index (χ2v) is 23.0. The van der Waals surface area contributed by atoms with Gasteiger partial charge in [-0.2, -0.15) is 0 Å². The maximum absolute atomic E-state index is 15.8. The van der Waals surface area contributed by atoms with Crippen LogP contribution in [-0.4, -0.2) is 167 Å². The minimum Gasteiger partial charge on any atom is -0.508 e. The van der Waals surface area contributed by atoms with Gasteiger partial charge >= 0.3 is 5.97 Å². The fourth-order valence-corrected chi connectivity index (χ4v) is 11.2. The number of aliphatic hydroxyl groups excluding tert-OH is 6. The number of amides is 7. The van der Waals surface area contributed by atoms with Crippen LogP contribution < -0.4 is 57.2 Å².